The molecule has 0 amide bonds. The summed E-state index contributed by atoms with van der Waals surface area (Å²) in [6.07, 6.45) is 0.793. The minimum atomic E-state index is 0.216. The summed E-state index contributed by atoms with van der Waals surface area (Å²) in [6.45, 7) is 9.92. The van der Waals surface area contributed by atoms with Crippen LogP contribution in [-0.2, 0) is 9.47 Å². The molecule has 1 rings (SSSR count). The van der Waals surface area contributed by atoms with Crippen LogP contribution in [0.25, 0.3) is 0 Å². The van der Waals surface area contributed by atoms with Gasteiger partial charge in [-0.3, -0.25) is 0 Å². The fourth-order valence-corrected chi connectivity index (χ4v) is 1.35. The molecular formula is C10H21NO2. The van der Waals surface area contributed by atoms with E-state index in [2.05, 4.69) is 19.2 Å². The van der Waals surface area contributed by atoms with E-state index < -0.39 is 0 Å². The zero-order valence-corrected chi connectivity index (χ0v) is 9.04. The van der Waals surface area contributed by atoms with E-state index in [0.29, 0.717) is 18.8 Å². The Hall–Kier alpha value is -0.120. The second-order valence-electron chi connectivity index (χ2n) is 4.04. The van der Waals surface area contributed by atoms with E-state index in [1.165, 1.54) is 0 Å². The third kappa shape index (κ3) is 3.63. The van der Waals surface area contributed by atoms with Crippen LogP contribution in [0.2, 0.25) is 0 Å². The first-order valence-corrected chi connectivity index (χ1v) is 5.10. The van der Waals surface area contributed by atoms with Crippen molar-refractivity contribution in [1.82, 2.24) is 5.32 Å². The summed E-state index contributed by atoms with van der Waals surface area (Å²) in [4.78, 5) is 0. The average Bonchev–Trinajstić information content (AvgIpc) is 2.07. The summed E-state index contributed by atoms with van der Waals surface area (Å²) < 4.78 is 11.3. The van der Waals surface area contributed by atoms with Crippen molar-refractivity contribution in [3.05, 3.63) is 0 Å². The van der Waals surface area contributed by atoms with Crippen molar-refractivity contribution >= 4 is 0 Å². The van der Waals surface area contributed by atoms with E-state index in [9.17, 15) is 0 Å². The molecule has 1 heterocycles. The predicted molar refractivity (Wildman–Crippen MR) is 52.9 cm³/mol. The first-order valence-electron chi connectivity index (χ1n) is 5.10. The molecule has 1 saturated heterocycles. The highest BCUT2D eigenvalue weighted by atomic mass is 16.5. The number of morpholine rings is 1. The Bertz CT molecular complexity index is 150. The average molecular weight is 187 g/mol. The lowest BCUT2D eigenvalue weighted by Gasteiger charge is -2.34. The third-order valence-corrected chi connectivity index (χ3v) is 2.39. The van der Waals surface area contributed by atoms with Gasteiger partial charge in [-0.1, -0.05) is 0 Å². The summed E-state index contributed by atoms with van der Waals surface area (Å²) >= 11 is 0. The van der Waals surface area contributed by atoms with Crippen LogP contribution in [0.4, 0.5) is 0 Å². The van der Waals surface area contributed by atoms with Crippen LogP contribution in [-0.4, -0.2) is 37.5 Å². The monoisotopic (exact) mass is 187 g/mol. The van der Waals surface area contributed by atoms with Crippen molar-refractivity contribution in [2.45, 2.75) is 52.0 Å². The van der Waals surface area contributed by atoms with Gasteiger partial charge in [-0.25, -0.2) is 0 Å². The fourth-order valence-electron chi connectivity index (χ4n) is 1.35. The van der Waals surface area contributed by atoms with E-state index >= 15 is 0 Å². The Morgan fingerprint density at radius 2 is 2.15 bits per heavy atom. The molecule has 13 heavy (non-hydrogen) atoms. The van der Waals surface area contributed by atoms with Crippen LogP contribution in [0.3, 0.4) is 0 Å². The van der Waals surface area contributed by atoms with Crippen LogP contribution < -0.4 is 5.32 Å². The van der Waals surface area contributed by atoms with Gasteiger partial charge in [0.2, 0.25) is 0 Å². The molecule has 0 unspecified atom stereocenters. The van der Waals surface area contributed by atoms with Crippen LogP contribution >= 0.6 is 0 Å². The molecule has 3 atom stereocenters. The first kappa shape index (κ1) is 11.0. The molecule has 1 fully saturated rings. The lowest BCUT2D eigenvalue weighted by molar-refractivity contribution is -0.0932. The van der Waals surface area contributed by atoms with Crippen LogP contribution in [0, 0.1) is 0 Å². The standard InChI is InChI=1S/C10H21NO2/c1-7(2)12-6-10-5-11-8(3)9(4)13-10/h7-11H,5-6H2,1-4H3/t8-,9+,10-/m1/s1. The van der Waals surface area contributed by atoms with Gasteiger partial charge in [-0.15, -0.1) is 0 Å². The van der Waals surface area contributed by atoms with Gasteiger partial charge in [-0.2, -0.15) is 0 Å². The van der Waals surface area contributed by atoms with E-state index in [0.717, 1.165) is 6.54 Å². The lowest BCUT2D eigenvalue weighted by Crippen LogP contribution is -2.51. The molecular weight excluding hydrogens is 166 g/mol. The summed E-state index contributed by atoms with van der Waals surface area (Å²) in [5.41, 5.74) is 0. The summed E-state index contributed by atoms with van der Waals surface area (Å²) in [5.74, 6) is 0. The van der Waals surface area contributed by atoms with E-state index in [4.69, 9.17) is 9.47 Å². The number of rotatable bonds is 3. The highest BCUT2D eigenvalue weighted by Crippen LogP contribution is 2.09. The molecule has 1 aliphatic heterocycles. The predicted octanol–water partition coefficient (Wildman–Crippen LogP) is 1.18. The Balaban J connectivity index is 2.21. The summed E-state index contributed by atoms with van der Waals surface area (Å²) in [6, 6.07) is 0.454. The fraction of sp³-hybridized carbons (Fsp3) is 1.00. The van der Waals surface area contributed by atoms with Gasteiger partial charge < -0.3 is 14.8 Å². The Labute approximate surface area is 80.8 Å². The molecule has 1 N–H and O–H groups in total. The van der Waals surface area contributed by atoms with Crippen molar-refractivity contribution in [1.29, 1.82) is 0 Å². The van der Waals surface area contributed by atoms with Gasteiger partial charge >= 0.3 is 0 Å². The SMILES string of the molecule is CC(C)OC[C@H]1CN[C@H](C)[C@H](C)O1. The molecule has 0 aliphatic carbocycles. The highest BCUT2D eigenvalue weighted by Gasteiger charge is 2.24. The quantitative estimate of drug-likeness (QED) is 0.719. The third-order valence-electron chi connectivity index (χ3n) is 2.39. The van der Waals surface area contributed by atoms with Crippen molar-refractivity contribution < 1.29 is 9.47 Å². The molecule has 0 radical (unpaired) electrons. The zero-order valence-electron chi connectivity index (χ0n) is 9.04. The van der Waals surface area contributed by atoms with E-state index in [1.807, 2.05) is 13.8 Å². The number of nitrogens with one attached hydrogen (secondary N) is 1. The molecule has 0 saturated carbocycles. The van der Waals surface area contributed by atoms with Gasteiger partial charge in [0.15, 0.2) is 0 Å². The molecule has 3 heteroatoms. The van der Waals surface area contributed by atoms with Gasteiger partial charge in [0.1, 0.15) is 0 Å². The normalized spacial score (nSPS) is 35.3. The molecule has 1 aliphatic rings. The van der Waals surface area contributed by atoms with Crippen LogP contribution in [0.1, 0.15) is 27.7 Å². The minimum Gasteiger partial charge on any atom is -0.376 e. The lowest BCUT2D eigenvalue weighted by atomic mass is 10.1. The largest absolute Gasteiger partial charge is 0.376 e. The van der Waals surface area contributed by atoms with Crippen molar-refractivity contribution in [2.75, 3.05) is 13.2 Å². The molecule has 3 nitrogen and oxygen atoms in total. The molecule has 0 aromatic carbocycles. The summed E-state index contributed by atoms with van der Waals surface area (Å²) in [7, 11) is 0. The second kappa shape index (κ2) is 4.94. The zero-order chi connectivity index (χ0) is 9.84. The smallest absolute Gasteiger partial charge is 0.0937 e. The minimum absolute atomic E-state index is 0.216. The first-order chi connectivity index (χ1) is 6.09. The van der Waals surface area contributed by atoms with E-state index in [1.54, 1.807) is 0 Å². The van der Waals surface area contributed by atoms with Gasteiger partial charge in [0, 0.05) is 12.6 Å². The molecule has 0 spiro atoms. The maximum atomic E-state index is 5.76. The molecule has 78 valence electrons. The van der Waals surface area contributed by atoms with Gasteiger partial charge in [0.25, 0.3) is 0 Å². The maximum Gasteiger partial charge on any atom is 0.0937 e. The maximum absolute atomic E-state index is 5.76. The van der Waals surface area contributed by atoms with Crippen molar-refractivity contribution in [3.8, 4) is 0 Å². The number of ether oxygens (including phenoxy) is 2. The number of hydrogen-bond acceptors (Lipinski definition) is 3. The second-order valence-corrected chi connectivity index (χ2v) is 4.04. The van der Waals surface area contributed by atoms with Gasteiger partial charge in [-0.05, 0) is 27.7 Å². The molecule has 0 bridgehead atoms. The number of hydrogen-bond donors (Lipinski definition) is 1. The Kier molecular flexibility index (Phi) is 4.16. The van der Waals surface area contributed by atoms with Gasteiger partial charge in [0.05, 0.1) is 24.9 Å². The molecule has 0 aromatic rings. The Morgan fingerprint density at radius 1 is 1.46 bits per heavy atom. The van der Waals surface area contributed by atoms with Crippen molar-refractivity contribution in [2.24, 2.45) is 0 Å². The molecule has 0 aromatic heterocycles. The van der Waals surface area contributed by atoms with E-state index in [-0.39, 0.29) is 12.2 Å². The highest BCUT2D eigenvalue weighted by molar-refractivity contribution is 4.78. The summed E-state index contributed by atoms with van der Waals surface area (Å²) in [5, 5.41) is 3.40. The Morgan fingerprint density at radius 3 is 2.69 bits per heavy atom. The topological polar surface area (TPSA) is 30.5 Å². The van der Waals surface area contributed by atoms with Crippen LogP contribution in [0.5, 0.6) is 0 Å². The van der Waals surface area contributed by atoms with Crippen molar-refractivity contribution in [3.63, 3.8) is 0 Å². The van der Waals surface area contributed by atoms with Crippen LogP contribution in [0.15, 0.2) is 0 Å².